The highest BCUT2D eigenvalue weighted by molar-refractivity contribution is 6.14. The fourth-order valence-corrected chi connectivity index (χ4v) is 5.01. The highest BCUT2D eigenvalue weighted by Crippen LogP contribution is 2.40. The second kappa shape index (κ2) is 9.71. The van der Waals surface area contributed by atoms with Gasteiger partial charge in [-0.3, -0.25) is 0 Å². The second-order valence-corrected chi connectivity index (χ2v) is 8.97. The molecule has 180 valence electrons. The molecule has 0 saturated carbocycles. The fraction of sp³-hybridized carbons (Fsp3) is 0.0588. The average Bonchev–Trinajstić information content (AvgIpc) is 2.98. The fourth-order valence-electron chi connectivity index (χ4n) is 5.01. The largest absolute Gasteiger partial charge is 0.497 e. The van der Waals surface area contributed by atoms with Crippen molar-refractivity contribution in [2.75, 3.05) is 19.1 Å². The Labute approximate surface area is 217 Å². The van der Waals surface area contributed by atoms with Gasteiger partial charge >= 0.3 is 0 Å². The molecule has 0 N–H and O–H groups in total. The summed E-state index contributed by atoms with van der Waals surface area (Å²) in [5.41, 5.74) is 5.63. The zero-order chi connectivity index (χ0) is 25.2. The van der Waals surface area contributed by atoms with Crippen LogP contribution >= 0.6 is 0 Å². The van der Waals surface area contributed by atoms with E-state index in [0.29, 0.717) is 0 Å². The lowest BCUT2D eigenvalue weighted by molar-refractivity contribution is 0.415. The molecule has 0 bridgehead atoms. The number of rotatable bonds is 6. The van der Waals surface area contributed by atoms with Crippen LogP contribution in [0.15, 0.2) is 127 Å². The lowest BCUT2D eigenvalue weighted by atomic mass is 9.93. The Bertz CT molecular complexity index is 1630. The summed E-state index contributed by atoms with van der Waals surface area (Å²) in [6.45, 7) is 0. The molecule has 0 amide bonds. The summed E-state index contributed by atoms with van der Waals surface area (Å²) in [5, 5.41) is 4.95. The van der Waals surface area contributed by atoms with Gasteiger partial charge in [0.05, 0.1) is 14.2 Å². The molecule has 6 rings (SSSR count). The van der Waals surface area contributed by atoms with Gasteiger partial charge < -0.3 is 14.4 Å². The molecule has 0 radical (unpaired) electrons. The van der Waals surface area contributed by atoms with Crippen molar-refractivity contribution in [1.29, 1.82) is 0 Å². The van der Waals surface area contributed by atoms with Crippen molar-refractivity contribution in [3.8, 4) is 22.6 Å². The third-order valence-corrected chi connectivity index (χ3v) is 6.85. The Hall–Kier alpha value is -4.76. The Morgan fingerprint density at radius 1 is 0.459 bits per heavy atom. The molecule has 6 aromatic rings. The molecule has 3 nitrogen and oxygen atoms in total. The first-order valence-corrected chi connectivity index (χ1v) is 12.3. The number of benzene rings is 6. The molecular weight excluding hydrogens is 454 g/mol. The number of anilines is 3. The van der Waals surface area contributed by atoms with E-state index >= 15 is 0 Å². The molecule has 0 aromatic heterocycles. The summed E-state index contributed by atoms with van der Waals surface area (Å²) in [6.07, 6.45) is 0. The molecule has 0 unspecified atom stereocenters. The quantitative estimate of drug-likeness (QED) is 0.221. The van der Waals surface area contributed by atoms with Crippen LogP contribution in [0.3, 0.4) is 0 Å². The number of hydrogen-bond acceptors (Lipinski definition) is 3. The van der Waals surface area contributed by atoms with Crippen LogP contribution in [0.2, 0.25) is 0 Å². The van der Waals surface area contributed by atoms with Gasteiger partial charge in [-0.2, -0.15) is 0 Å². The molecular formula is C34H27NO2. The molecule has 6 aromatic carbocycles. The van der Waals surface area contributed by atoms with Gasteiger partial charge in [0, 0.05) is 17.1 Å². The van der Waals surface area contributed by atoms with Crippen LogP contribution in [0.25, 0.3) is 32.7 Å². The number of nitrogens with zero attached hydrogens (tertiary/aromatic N) is 1. The predicted octanol–water partition coefficient (Wildman–Crippen LogP) is 9.15. The summed E-state index contributed by atoms with van der Waals surface area (Å²) < 4.78 is 10.8. The monoisotopic (exact) mass is 481 g/mol. The van der Waals surface area contributed by atoms with Gasteiger partial charge in [-0.1, -0.05) is 60.7 Å². The van der Waals surface area contributed by atoms with Gasteiger partial charge in [-0.05, 0) is 99.4 Å². The Balaban J connectivity index is 1.56. The first-order chi connectivity index (χ1) is 18.2. The smallest absolute Gasteiger partial charge is 0.119 e. The van der Waals surface area contributed by atoms with Crippen molar-refractivity contribution in [2.45, 2.75) is 0 Å². The normalized spacial score (nSPS) is 11.0. The van der Waals surface area contributed by atoms with E-state index in [1.54, 1.807) is 14.2 Å². The van der Waals surface area contributed by atoms with Crippen LogP contribution in [-0.4, -0.2) is 14.2 Å². The van der Waals surface area contributed by atoms with Gasteiger partial charge in [0.15, 0.2) is 0 Å². The van der Waals surface area contributed by atoms with E-state index in [2.05, 4.69) is 108 Å². The summed E-state index contributed by atoms with van der Waals surface area (Å²) in [5.74, 6) is 1.66. The minimum Gasteiger partial charge on any atom is -0.497 e. The van der Waals surface area contributed by atoms with Gasteiger partial charge in [-0.25, -0.2) is 0 Å². The summed E-state index contributed by atoms with van der Waals surface area (Å²) >= 11 is 0. The SMILES string of the molecule is COc1ccc(N(c2ccc(OC)cc2)c2ccc3c(c2)cc(-c2ccccc2)c2ccccc23)cc1. The lowest BCUT2D eigenvalue weighted by Crippen LogP contribution is -2.09. The van der Waals surface area contributed by atoms with Crippen LogP contribution in [0.4, 0.5) is 17.1 Å². The van der Waals surface area contributed by atoms with E-state index in [9.17, 15) is 0 Å². The van der Waals surface area contributed by atoms with Crippen LogP contribution in [0.5, 0.6) is 11.5 Å². The highest BCUT2D eigenvalue weighted by Gasteiger charge is 2.15. The summed E-state index contributed by atoms with van der Waals surface area (Å²) in [4.78, 5) is 2.26. The summed E-state index contributed by atoms with van der Waals surface area (Å²) in [7, 11) is 3.38. The molecule has 0 aliphatic carbocycles. The van der Waals surface area contributed by atoms with Crippen molar-refractivity contribution >= 4 is 38.6 Å². The van der Waals surface area contributed by atoms with Crippen molar-refractivity contribution in [1.82, 2.24) is 0 Å². The number of methoxy groups -OCH3 is 2. The summed E-state index contributed by atoms with van der Waals surface area (Å²) in [6, 6.07) is 44.6. The second-order valence-electron chi connectivity index (χ2n) is 8.97. The number of hydrogen-bond donors (Lipinski definition) is 0. The van der Waals surface area contributed by atoms with E-state index < -0.39 is 0 Å². The molecule has 0 atom stereocenters. The van der Waals surface area contributed by atoms with Crippen molar-refractivity contribution in [3.63, 3.8) is 0 Å². The van der Waals surface area contributed by atoms with E-state index in [0.717, 1.165) is 28.6 Å². The molecule has 0 spiro atoms. The topological polar surface area (TPSA) is 21.7 Å². The van der Waals surface area contributed by atoms with Crippen molar-refractivity contribution < 1.29 is 9.47 Å². The van der Waals surface area contributed by atoms with E-state index in [4.69, 9.17) is 9.47 Å². The zero-order valence-corrected chi connectivity index (χ0v) is 20.9. The third kappa shape index (κ3) is 4.25. The van der Waals surface area contributed by atoms with E-state index in [1.807, 2.05) is 24.3 Å². The maximum atomic E-state index is 5.41. The lowest BCUT2D eigenvalue weighted by Gasteiger charge is -2.26. The molecule has 37 heavy (non-hydrogen) atoms. The number of ether oxygens (including phenoxy) is 2. The van der Waals surface area contributed by atoms with Crippen LogP contribution < -0.4 is 14.4 Å². The standard InChI is InChI=1S/C34H27NO2/c1-36-29-17-12-26(13-18-29)35(27-14-19-30(37-2)20-15-27)28-16-21-31-25(22-28)23-34(24-8-4-3-5-9-24)33-11-7-6-10-32(31)33/h3-23H,1-2H3. The Morgan fingerprint density at radius 3 is 1.59 bits per heavy atom. The molecule has 0 fully saturated rings. The number of fused-ring (bicyclic) bond motifs is 3. The van der Waals surface area contributed by atoms with Crippen molar-refractivity contribution in [2.24, 2.45) is 0 Å². The minimum absolute atomic E-state index is 0.830. The molecule has 3 heteroatoms. The van der Waals surface area contributed by atoms with Gasteiger partial charge in [0.1, 0.15) is 11.5 Å². The first-order valence-electron chi connectivity index (χ1n) is 12.3. The third-order valence-electron chi connectivity index (χ3n) is 6.85. The molecule has 0 aliphatic rings. The minimum atomic E-state index is 0.830. The maximum Gasteiger partial charge on any atom is 0.119 e. The first kappa shape index (κ1) is 22.7. The Morgan fingerprint density at radius 2 is 1.00 bits per heavy atom. The maximum absolute atomic E-state index is 5.41. The molecule has 0 aliphatic heterocycles. The average molecular weight is 482 g/mol. The van der Waals surface area contributed by atoms with Crippen LogP contribution in [0.1, 0.15) is 0 Å². The predicted molar refractivity (Wildman–Crippen MR) is 155 cm³/mol. The van der Waals surface area contributed by atoms with Gasteiger partial charge in [-0.15, -0.1) is 0 Å². The zero-order valence-electron chi connectivity index (χ0n) is 20.9. The van der Waals surface area contributed by atoms with E-state index in [-0.39, 0.29) is 0 Å². The van der Waals surface area contributed by atoms with Crippen molar-refractivity contribution in [3.05, 3.63) is 127 Å². The van der Waals surface area contributed by atoms with Gasteiger partial charge in [0.25, 0.3) is 0 Å². The molecule has 0 saturated heterocycles. The van der Waals surface area contributed by atoms with E-state index in [1.165, 1.54) is 32.7 Å². The van der Waals surface area contributed by atoms with Gasteiger partial charge in [0.2, 0.25) is 0 Å². The van der Waals surface area contributed by atoms with Crippen LogP contribution in [0, 0.1) is 0 Å². The Kier molecular flexibility index (Phi) is 5.95. The highest BCUT2D eigenvalue weighted by atomic mass is 16.5. The molecule has 0 heterocycles. The van der Waals surface area contributed by atoms with Crippen LogP contribution in [-0.2, 0) is 0 Å².